The van der Waals surface area contributed by atoms with Crippen LogP contribution >= 0.6 is 12.4 Å². The summed E-state index contributed by atoms with van der Waals surface area (Å²) in [6.45, 7) is 0. The molecule has 4 N–H and O–H groups in total. The summed E-state index contributed by atoms with van der Waals surface area (Å²) in [6, 6.07) is 17.6. The molecule has 1 aliphatic rings. The van der Waals surface area contributed by atoms with E-state index in [1.165, 1.54) is 0 Å². The van der Waals surface area contributed by atoms with E-state index in [1.807, 2.05) is 54.6 Å². The third-order valence-corrected chi connectivity index (χ3v) is 5.04. The first-order valence-corrected chi connectivity index (χ1v) is 9.34. The monoisotopic (exact) mass is 397 g/mol. The van der Waals surface area contributed by atoms with Crippen LogP contribution < -0.4 is 11.1 Å². The summed E-state index contributed by atoms with van der Waals surface area (Å²) in [5.74, 6) is 1.26. The highest BCUT2D eigenvalue weighted by atomic mass is 35.5. The molecule has 28 heavy (non-hydrogen) atoms. The molecule has 1 aromatic heterocycles. The number of aromatic nitrogens is 3. The number of carbonyl (C=O) groups excluding carboxylic acids is 1. The minimum absolute atomic E-state index is 0. The molecule has 4 rings (SSSR count). The van der Waals surface area contributed by atoms with Crippen LogP contribution in [0.3, 0.4) is 0 Å². The van der Waals surface area contributed by atoms with Crippen molar-refractivity contribution >= 4 is 24.0 Å². The number of hydrogen-bond acceptors (Lipinski definition) is 4. The molecule has 2 atom stereocenters. The van der Waals surface area contributed by atoms with E-state index in [2.05, 4.69) is 20.5 Å². The zero-order chi connectivity index (χ0) is 18.6. The van der Waals surface area contributed by atoms with Crippen LogP contribution in [0.5, 0.6) is 0 Å². The second kappa shape index (κ2) is 8.99. The Morgan fingerprint density at radius 2 is 1.82 bits per heavy atom. The highest BCUT2D eigenvalue weighted by Gasteiger charge is 2.26. The second-order valence-electron chi connectivity index (χ2n) is 7.03. The summed E-state index contributed by atoms with van der Waals surface area (Å²) in [7, 11) is 0. The van der Waals surface area contributed by atoms with Gasteiger partial charge in [0, 0.05) is 23.1 Å². The van der Waals surface area contributed by atoms with Crippen molar-refractivity contribution in [1.82, 2.24) is 15.2 Å². The minimum atomic E-state index is -0.0311. The Kier molecular flexibility index (Phi) is 6.44. The van der Waals surface area contributed by atoms with Crippen LogP contribution in [0.2, 0.25) is 0 Å². The number of carbonyl (C=O) groups is 1. The Balaban J connectivity index is 0.00000225. The van der Waals surface area contributed by atoms with E-state index >= 15 is 0 Å². The average Bonchev–Trinajstić information content (AvgIpc) is 3.19. The van der Waals surface area contributed by atoms with Crippen LogP contribution in [-0.2, 0) is 4.79 Å². The number of halogens is 1. The number of nitrogens with zero attached hydrogens (tertiary/aromatic N) is 2. The first kappa shape index (κ1) is 20.0. The topological polar surface area (TPSA) is 96.7 Å². The highest BCUT2D eigenvalue weighted by Crippen LogP contribution is 2.29. The van der Waals surface area contributed by atoms with E-state index < -0.39 is 0 Å². The summed E-state index contributed by atoms with van der Waals surface area (Å²) in [4.78, 5) is 17.3. The van der Waals surface area contributed by atoms with Crippen LogP contribution in [0.15, 0.2) is 54.6 Å². The molecule has 0 aliphatic heterocycles. The van der Waals surface area contributed by atoms with Gasteiger partial charge in [0.15, 0.2) is 11.6 Å². The van der Waals surface area contributed by atoms with E-state index in [9.17, 15) is 4.79 Å². The number of para-hydroxylation sites is 1. The van der Waals surface area contributed by atoms with Gasteiger partial charge in [-0.2, -0.15) is 5.10 Å². The molecule has 7 heteroatoms. The van der Waals surface area contributed by atoms with E-state index in [1.54, 1.807) is 0 Å². The van der Waals surface area contributed by atoms with Gasteiger partial charge in [-0.05, 0) is 31.4 Å². The summed E-state index contributed by atoms with van der Waals surface area (Å²) in [5.41, 5.74) is 8.53. The Morgan fingerprint density at radius 1 is 1.07 bits per heavy atom. The molecule has 1 fully saturated rings. The fourth-order valence-electron chi connectivity index (χ4n) is 3.60. The van der Waals surface area contributed by atoms with Gasteiger partial charge in [0.2, 0.25) is 5.91 Å². The predicted octanol–water partition coefficient (Wildman–Crippen LogP) is 4.02. The quantitative estimate of drug-likeness (QED) is 0.619. The van der Waals surface area contributed by atoms with Crippen molar-refractivity contribution in [1.29, 1.82) is 0 Å². The average molecular weight is 398 g/mol. The van der Waals surface area contributed by atoms with Crippen LogP contribution in [0.4, 0.5) is 5.69 Å². The van der Waals surface area contributed by atoms with Crippen LogP contribution in [0.1, 0.15) is 25.7 Å². The number of rotatable bonds is 4. The molecule has 1 aliphatic carbocycles. The molecule has 3 aromatic rings. The summed E-state index contributed by atoms with van der Waals surface area (Å²) in [5, 5.41) is 10.4. The van der Waals surface area contributed by atoms with Crippen molar-refractivity contribution in [2.24, 2.45) is 11.7 Å². The smallest absolute Gasteiger partial charge is 0.227 e. The van der Waals surface area contributed by atoms with E-state index in [4.69, 9.17) is 5.73 Å². The zero-order valence-electron chi connectivity index (χ0n) is 15.5. The lowest BCUT2D eigenvalue weighted by atomic mass is 9.85. The lowest BCUT2D eigenvalue weighted by molar-refractivity contribution is -0.120. The van der Waals surface area contributed by atoms with Gasteiger partial charge in [0.25, 0.3) is 0 Å². The maximum absolute atomic E-state index is 12.7. The lowest BCUT2D eigenvalue weighted by Gasteiger charge is -2.25. The molecule has 146 valence electrons. The number of nitrogens with one attached hydrogen (secondary N) is 2. The fraction of sp³-hybridized carbons (Fsp3) is 0.286. The Labute approximate surface area is 170 Å². The number of hydrogen-bond donors (Lipinski definition) is 3. The largest absolute Gasteiger partial charge is 0.328 e. The van der Waals surface area contributed by atoms with Gasteiger partial charge in [-0.3, -0.25) is 9.89 Å². The Hall–Kier alpha value is -2.70. The number of aromatic amines is 1. The van der Waals surface area contributed by atoms with Gasteiger partial charge >= 0.3 is 0 Å². The van der Waals surface area contributed by atoms with Gasteiger partial charge < -0.3 is 11.1 Å². The van der Waals surface area contributed by atoms with E-state index in [-0.39, 0.29) is 30.3 Å². The van der Waals surface area contributed by atoms with Gasteiger partial charge in [-0.15, -0.1) is 12.4 Å². The predicted molar refractivity (Wildman–Crippen MR) is 113 cm³/mol. The molecular weight excluding hydrogens is 374 g/mol. The molecule has 0 saturated heterocycles. The first-order valence-electron chi connectivity index (χ1n) is 9.34. The van der Waals surface area contributed by atoms with Gasteiger partial charge in [0.1, 0.15) is 0 Å². The number of nitrogens with two attached hydrogens (primary N) is 1. The standard InChI is InChI=1S/C21H23N5O.ClH/c22-16-10-6-9-15(13-16)21(27)23-18-12-5-4-11-17(18)20-24-19(25-26-20)14-7-2-1-3-8-14;/h1-5,7-8,11-12,15-16H,6,9-10,13,22H2,(H,23,27)(H,24,25,26);1H. The van der Waals surface area contributed by atoms with Crippen molar-refractivity contribution < 1.29 is 4.79 Å². The molecule has 0 spiro atoms. The maximum atomic E-state index is 12.7. The molecule has 0 bridgehead atoms. The van der Waals surface area contributed by atoms with Crippen molar-refractivity contribution in [2.75, 3.05) is 5.32 Å². The number of amides is 1. The lowest BCUT2D eigenvalue weighted by Crippen LogP contribution is -2.34. The molecular formula is C21H24ClN5O. The summed E-state index contributed by atoms with van der Waals surface area (Å²) < 4.78 is 0. The molecule has 2 unspecified atom stereocenters. The molecule has 1 amide bonds. The van der Waals surface area contributed by atoms with Gasteiger partial charge in [-0.25, -0.2) is 4.98 Å². The van der Waals surface area contributed by atoms with Crippen molar-refractivity contribution in [2.45, 2.75) is 31.7 Å². The van der Waals surface area contributed by atoms with Crippen LogP contribution in [0, 0.1) is 5.92 Å². The Bertz CT molecular complexity index is 927. The van der Waals surface area contributed by atoms with Crippen LogP contribution in [-0.4, -0.2) is 27.1 Å². The zero-order valence-corrected chi connectivity index (χ0v) is 16.3. The van der Waals surface area contributed by atoms with Gasteiger partial charge in [0.05, 0.1) is 5.69 Å². The SMILES string of the molecule is Cl.NC1CCCC(C(=O)Nc2ccccc2-c2nc(-c3ccccc3)n[nH]2)C1. The molecule has 1 heterocycles. The van der Waals surface area contributed by atoms with Crippen LogP contribution in [0.25, 0.3) is 22.8 Å². The van der Waals surface area contributed by atoms with E-state index in [0.29, 0.717) is 11.6 Å². The number of benzene rings is 2. The Morgan fingerprint density at radius 3 is 2.61 bits per heavy atom. The van der Waals surface area contributed by atoms with Crippen molar-refractivity contribution in [3.63, 3.8) is 0 Å². The van der Waals surface area contributed by atoms with Gasteiger partial charge in [-0.1, -0.05) is 48.9 Å². The maximum Gasteiger partial charge on any atom is 0.227 e. The third kappa shape index (κ3) is 4.40. The first-order chi connectivity index (χ1) is 13.2. The highest BCUT2D eigenvalue weighted by molar-refractivity contribution is 5.96. The number of H-pyrrole nitrogens is 1. The summed E-state index contributed by atoms with van der Waals surface area (Å²) >= 11 is 0. The third-order valence-electron chi connectivity index (χ3n) is 5.04. The molecule has 0 radical (unpaired) electrons. The number of anilines is 1. The minimum Gasteiger partial charge on any atom is -0.328 e. The van der Waals surface area contributed by atoms with Crippen molar-refractivity contribution in [3.05, 3.63) is 54.6 Å². The normalized spacial score (nSPS) is 18.9. The van der Waals surface area contributed by atoms with Crippen molar-refractivity contribution in [3.8, 4) is 22.8 Å². The van der Waals surface area contributed by atoms with E-state index in [0.717, 1.165) is 42.5 Å². The molecule has 1 saturated carbocycles. The molecule has 2 aromatic carbocycles. The molecule has 6 nitrogen and oxygen atoms in total. The fourth-order valence-corrected chi connectivity index (χ4v) is 3.60. The summed E-state index contributed by atoms with van der Waals surface area (Å²) in [6.07, 6.45) is 3.64. The second-order valence-corrected chi connectivity index (χ2v) is 7.03.